The number of piperidine rings is 1. The fourth-order valence-electron chi connectivity index (χ4n) is 3.00. The number of urea groups is 1. The molecule has 0 bridgehead atoms. The summed E-state index contributed by atoms with van der Waals surface area (Å²) in [5.74, 6) is 0. The van der Waals surface area contributed by atoms with Crippen LogP contribution in [0.4, 0.5) is 4.79 Å². The zero-order chi connectivity index (χ0) is 12.3. The van der Waals surface area contributed by atoms with Gasteiger partial charge in [-0.05, 0) is 37.5 Å². The summed E-state index contributed by atoms with van der Waals surface area (Å²) in [5, 5.41) is 3.70. The summed E-state index contributed by atoms with van der Waals surface area (Å²) in [6.07, 6.45) is 7.55. The van der Waals surface area contributed by atoms with Crippen molar-refractivity contribution >= 4 is 6.03 Å². The second-order valence-electron chi connectivity index (χ2n) is 5.69. The maximum absolute atomic E-state index is 11.0. The van der Waals surface area contributed by atoms with Gasteiger partial charge in [0.25, 0.3) is 0 Å². The van der Waals surface area contributed by atoms with Gasteiger partial charge in [0.1, 0.15) is 0 Å². The van der Waals surface area contributed by atoms with Crippen molar-refractivity contribution in [3.63, 3.8) is 0 Å². The number of rotatable bonds is 4. The molecule has 1 aliphatic heterocycles. The van der Waals surface area contributed by atoms with E-state index in [0.717, 1.165) is 32.5 Å². The van der Waals surface area contributed by atoms with Gasteiger partial charge in [-0.15, -0.1) is 0 Å². The molecule has 2 rings (SSSR count). The summed E-state index contributed by atoms with van der Waals surface area (Å²) >= 11 is 0. The highest BCUT2D eigenvalue weighted by Gasteiger charge is 2.35. The van der Waals surface area contributed by atoms with Gasteiger partial charge < -0.3 is 16.0 Å². The predicted octanol–water partition coefficient (Wildman–Crippen LogP) is 1.70. The van der Waals surface area contributed by atoms with Crippen molar-refractivity contribution in [2.45, 2.75) is 51.5 Å². The third kappa shape index (κ3) is 2.92. The van der Waals surface area contributed by atoms with Crippen LogP contribution in [0.3, 0.4) is 0 Å². The molecule has 0 unspecified atom stereocenters. The van der Waals surface area contributed by atoms with Gasteiger partial charge >= 0.3 is 6.03 Å². The summed E-state index contributed by atoms with van der Waals surface area (Å²) in [7, 11) is 0. The number of hydrogen-bond donors (Lipinski definition) is 2. The number of amides is 2. The zero-order valence-electron chi connectivity index (χ0n) is 10.9. The number of primary amides is 1. The van der Waals surface area contributed by atoms with Gasteiger partial charge in [0.2, 0.25) is 0 Å². The van der Waals surface area contributed by atoms with Crippen molar-refractivity contribution in [2.24, 2.45) is 11.1 Å². The Morgan fingerprint density at radius 1 is 1.41 bits per heavy atom. The summed E-state index contributed by atoms with van der Waals surface area (Å²) in [6, 6.07) is 0.307. The monoisotopic (exact) mass is 239 g/mol. The van der Waals surface area contributed by atoms with E-state index in [-0.39, 0.29) is 6.03 Å². The average Bonchev–Trinajstić information content (AvgIpc) is 2.29. The topological polar surface area (TPSA) is 58.4 Å². The Bertz CT molecular complexity index is 262. The molecule has 1 saturated heterocycles. The minimum atomic E-state index is -0.271. The van der Waals surface area contributed by atoms with Gasteiger partial charge in [0.15, 0.2) is 0 Å². The van der Waals surface area contributed by atoms with Gasteiger partial charge in [-0.3, -0.25) is 0 Å². The summed E-state index contributed by atoms with van der Waals surface area (Å²) < 4.78 is 0. The van der Waals surface area contributed by atoms with Crippen molar-refractivity contribution < 1.29 is 4.79 Å². The Morgan fingerprint density at radius 2 is 2.06 bits per heavy atom. The smallest absolute Gasteiger partial charge is 0.314 e. The Kier molecular flexibility index (Phi) is 3.92. The highest BCUT2D eigenvalue weighted by molar-refractivity contribution is 5.72. The fraction of sp³-hybridized carbons (Fsp3) is 0.923. The molecule has 3 N–H and O–H groups in total. The quantitative estimate of drug-likeness (QED) is 0.784. The number of likely N-dealkylation sites (tertiary alicyclic amines) is 1. The molecule has 0 aromatic heterocycles. The van der Waals surface area contributed by atoms with Crippen molar-refractivity contribution in [2.75, 3.05) is 19.6 Å². The number of nitrogens with zero attached hydrogens (tertiary/aromatic N) is 1. The second kappa shape index (κ2) is 5.25. The Balaban J connectivity index is 1.69. The fourth-order valence-corrected chi connectivity index (χ4v) is 3.00. The number of nitrogens with two attached hydrogens (primary N) is 1. The van der Waals surface area contributed by atoms with Crippen molar-refractivity contribution in [1.82, 2.24) is 10.2 Å². The lowest BCUT2D eigenvalue weighted by Gasteiger charge is -2.43. The summed E-state index contributed by atoms with van der Waals surface area (Å²) in [6.45, 7) is 5.08. The normalized spacial score (nSPS) is 24.4. The van der Waals surface area contributed by atoms with Crippen LogP contribution in [-0.2, 0) is 0 Å². The van der Waals surface area contributed by atoms with E-state index in [1.54, 1.807) is 4.90 Å². The molecule has 2 aliphatic rings. The van der Waals surface area contributed by atoms with Gasteiger partial charge in [-0.2, -0.15) is 0 Å². The maximum atomic E-state index is 11.0. The lowest BCUT2D eigenvalue weighted by atomic mass is 9.67. The first-order valence-electron chi connectivity index (χ1n) is 6.93. The van der Waals surface area contributed by atoms with E-state index in [4.69, 9.17) is 5.73 Å². The van der Waals surface area contributed by atoms with E-state index in [1.807, 2.05) is 0 Å². The number of hydrogen-bond acceptors (Lipinski definition) is 2. The highest BCUT2D eigenvalue weighted by Crippen LogP contribution is 2.43. The van der Waals surface area contributed by atoms with Gasteiger partial charge in [0, 0.05) is 25.7 Å². The van der Waals surface area contributed by atoms with E-state index in [0.29, 0.717) is 11.5 Å². The number of nitrogens with one attached hydrogen (secondary N) is 1. The molecule has 98 valence electrons. The zero-order valence-corrected chi connectivity index (χ0v) is 10.9. The molecular weight excluding hydrogens is 214 g/mol. The third-order valence-electron chi connectivity index (χ3n) is 4.74. The second-order valence-corrected chi connectivity index (χ2v) is 5.69. The van der Waals surface area contributed by atoms with E-state index >= 15 is 0 Å². The Labute approximate surface area is 104 Å². The molecule has 0 atom stereocenters. The molecule has 0 spiro atoms. The molecule has 0 radical (unpaired) electrons. The molecule has 2 amide bonds. The van der Waals surface area contributed by atoms with Crippen LogP contribution in [0.15, 0.2) is 0 Å². The molecule has 17 heavy (non-hydrogen) atoms. The van der Waals surface area contributed by atoms with Crippen LogP contribution in [-0.4, -0.2) is 36.6 Å². The third-order valence-corrected chi connectivity index (χ3v) is 4.74. The molecule has 4 heteroatoms. The SMILES string of the molecule is CCC1(CNC2CCN(C(N)=O)CC2)CCC1. The summed E-state index contributed by atoms with van der Waals surface area (Å²) in [4.78, 5) is 12.8. The first-order chi connectivity index (χ1) is 8.15. The molecule has 0 aromatic rings. The Hall–Kier alpha value is -0.770. The molecular formula is C13H25N3O. The highest BCUT2D eigenvalue weighted by atomic mass is 16.2. The minimum Gasteiger partial charge on any atom is -0.351 e. The first kappa shape index (κ1) is 12.7. The van der Waals surface area contributed by atoms with Crippen LogP contribution in [0, 0.1) is 5.41 Å². The van der Waals surface area contributed by atoms with Crippen molar-refractivity contribution in [1.29, 1.82) is 0 Å². The standard InChI is InChI=1S/C13H25N3O/c1-2-13(6-3-7-13)10-15-11-4-8-16(9-5-11)12(14)17/h11,15H,2-10H2,1H3,(H2,14,17). The van der Waals surface area contributed by atoms with E-state index in [9.17, 15) is 4.79 Å². The summed E-state index contributed by atoms with van der Waals surface area (Å²) in [5.41, 5.74) is 5.86. The predicted molar refractivity (Wildman–Crippen MR) is 68.8 cm³/mol. The van der Waals surface area contributed by atoms with Gasteiger partial charge in [-0.25, -0.2) is 4.79 Å². The van der Waals surface area contributed by atoms with Crippen molar-refractivity contribution in [3.05, 3.63) is 0 Å². The van der Waals surface area contributed by atoms with Crippen molar-refractivity contribution in [3.8, 4) is 0 Å². The van der Waals surface area contributed by atoms with Crippen LogP contribution in [0.2, 0.25) is 0 Å². The van der Waals surface area contributed by atoms with Gasteiger partial charge in [0.05, 0.1) is 0 Å². The molecule has 1 heterocycles. The molecule has 2 fully saturated rings. The molecule has 1 aliphatic carbocycles. The van der Waals surface area contributed by atoms with Crippen LogP contribution in [0.25, 0.3) is 0 Å². The van der Waals surface area contributed by atoms with Gasteiger partial charge in [-0.1, -0.05) is 13.3 Å². The van der Waals surface area contributed by atoms with Crippen LogP contribution in [0.1, 0.15) is 45.4 Å². The van der Waals surface area contributed by atoms with Crippen LogP contribution < -0.4 is 11.1 Å². The van der Waals surface area contributed by atoms with E-state index in [1.165, 1.54) is 25.7 Å². The lowest BCUT2D eigenvalue weighted by Crippen LogP contribution is -2.49. The average molecular weight is 239 g/mol. The molecule has 4 nitrogen and oxygen atoms in total. The molecule has 0 aromatic carbocycles. The van der Waals surface area contributed by atoms with E-state index < -0.39 is 0 Å². The van der Waals surface area contributed by atoms with E-state index in [2.05, 4.69) is 12.2 Å². The number of carbonyl (C=O) groups is 1. The number of carbonyl (C=O) groups excluding carboxylic acids is 1. The minimum absolute atomic E-state index is 0.271. The maximum Gasteiger partial charge on any atom is 0.314 e. The van der Waals surface area contributed by atoms with Crippen LogP contribution >= 0.6 is 0 Å². The first-order valence-corrected chi connectivity index (χ1v) is 6.93. The lowest BCUT2D eigenvalue weighted by molar-refractivity contribution is 0.111. The molecule has 1 saturated carbocycles. The largest absolute Gasteiger partial charge is 0.351 e. The Morgan fingerprint density at radius 3 is 2.47 bits per heavy atom. The van der Waals surface area contributed by atoms with Crippen LogP contribution in [0.5, 0.6) is 0 Å².